The van der Waals surface area contributed by atoms with Crippen molar-refractivity contribution in [3.63, 3.8) is 0 Å². The van der Waals surface area contributed by atoms with Gasteiger partial charge in [0.2, 0.25) is 17.7 Å². The molecule has 4 atom stereocenters. The van der Waals surface area contributed by atoms with Crippen molar-refractivity contribution in [2.75, 3.05) is 5.88 Å². The highest BCUT2D eigenvalue weighted by Gasteiger charge is 2.49. The minimum Gasteiger partial charge on any atom is -0.445 e. The monoisotopic (exact) mass is 585 g/mol. The Hall–Kier alpha value is -4.10. The van der Waals surface area contributed by atoms with E-state index in [0.717, 1.165) is 0 Å². The molecular formula is C28H35N5O7S. The van der Waals surface area contributed by atoms with Crippen LogP contribution >= 0.6 is 11.8 Å². The molecule has 1 fully saturated rings. The van der Waals surface area contributed by atoms with Crippen molar-refractivity contribution in [3.8, 4) is 0 Å². The Bertz CT molecular complexity index is 1240. The molecule has 0 aliphatic carbocycles. The third-order valence-corrected chi connectivity index (χ3v) is 7.96. The highest BCUT2D eigenvalue weighted by atomic mass is 32.2. The van der Waals surface area contributed by atoms with Crippen LogP contribution in [0.2, 0.25) is 0 Å². The molecule has 7 N–H and O–H groups in total. The van der Waals surface area contributed by atoms with Crippen molar-refractivity contribution in [2.24, 2.45) is 11.5 Å². The number of nitrogens with two attached hydrogens (primary N) is 2. The summed E-state index contributed by atoms with van der Waals surface area (Å²) in [6.07, 6.45) is -3.29. The van der Waals surface area contributed by atoms with Gasteiger partial charge in [0, 0.05) is 4.75 Å². The Balaban J connectivity index is 1.78. The molecule has 1 heterocycles. The summed E-state index contributed by atoms with van der Waals surface area (Å²) in [5, 5.41) is 16.1. The second-order valence-corrected chi connectivity index (χ2v) is 11.8. The first-order valence-electron chi connectivity index (χ1n) is 12.9. The maximum Gasteiger partial charge on any atom is 0.408 e. The number of nitrogens with zero attached hydrogens (tertiary/aromatic N) is 1. The van der Waals surface area contributed by atoms with E-state index >= 15 is 0 Å². The molecule has 0 spiro atoms. The number of amides is 5. The molecule has 0 radical (unpaired) electrons. The molecule has 2 aromatic carbocycles. The van der Waals surface area contributed by atoms with Crippen LogP contribution in [0, 0.1) is 0 Å². The van der Waals surface area contributed by atoms with Gasteiger partial charge in [0.1, 0.15) is 18.7 Å². The zero-order valence-electron chi connectivity index (χ0n) is 22.8. The largest absolute Gasteiger partial charge is 0.445 e. The fraction of sp³-hybridized carbons (Fsp3) is 0.393. The number of benzene rings is 2. The van der Waals surface area contributed by atoms with Crippen molar-refractivity contribution in [2.45, 2.75) is 62.3 Å². The Labute approximate surface area is 242 Å². The molecule has 1 unspecified atom stereocenters. The number of thioether (sulfide) groups is 1. The molecule has 220 valence electrons. The molecule has 2 aromatic rings. The normalized spacial score (nSPS) is 18.0. The smallest absolute Gasteiger partial charge is 0.408 e. The van der Waals surface area contributed by atoms with Crippen molar-refractivity contribution in [1.82, 2.24) is 15.5 Å². The quantitative estimate of drug-likeness (QED) is 0.236. The lowest BCUT2D eigenvalue weighted by atomic mass is 9.97. The fourth-order valence-corrected chi connectivity index (χ4v) is 5.65. The van der Waals surface area contributed by atoms with Gasteiger partial charge in [0.15, 0.2) is 6.10 Å². The van der Waals surface area contributed by atoms with Crippen LogP contribution in [-0.4, -0.2) is 74.6 Å². The maximum atomic E-state index is 13.4. The third-order valence-electron chi connectivity index (χ3n) is 6.59. The predicted molar refractivity (Wildman–Crippen MR) is 152 cm³/mol. The SMILES string of the molecule is CC1(C)SCN(C(=O)[C@@H](O)[C@H](Cc2ccccc2)NC(=O)[C@H](CC(N)=O)NC(=O)OCc2ccccc2)C1C(N)=O. The van der Waals surface area contributed by atoms with E-state index in [-0.39, 0.29) is 18.9 Å². The molecule has 12 nitrogen and oxygen atoms in total. The van der Waals surface area contributed by atoms with Crippen molar-refractivity contribution in [1.29, 1.82) is 0 Å². The van der Waals surface area contributed by atoms with Gasteiger partial charge in [-0.1, -0.05) is 60.7 Å². The summed E-state index contributed by atoms with van der Waals surface area (Å²) >= 11 is 1.33. The van der Waals surface area contributed by atoms with Gasteiger partial charge >= 0.3 is 6.09 Å². The number of ether oxygens (including phenoxy) is 1. The Kier molecular flexibility index (Phi) is 10.7. The summed E-state index contributed by atoms with van der Waals surface area (Å²) in [6.45, 7) is 3.46. The minimum atomic E-state index is -1.78. The van der Waals surface area contributed by atoms with Crippen LogP contribution in [0.5, 0.6) is 0 Å². The van der Waals surface area contributed by atoms with Crippen LogP contribution in [0.4, 0.5) is 4.79 Å². The lowest BCUT2D eigenvalue weighted by Gasteiger charge is -2.32. The fourth-order valence-electron chi connectivity index (χ4n) is 4.50. The van der Waals surface area contributed by atoms with Gasteiger partial charge < -0.3 is 36.8 Å². The summed E-state index contributed by atoms with van der Waals surface area (Å²) in [6, 6.07) is 14.0. The molecule has 0 aromatic heterocycles. The summed E-state index contributed by atoms with van der Waals surface area (Å²) < 4.78 is 4.47. The van der Waals surface area contributed by atoms with E-state index < -0.39 is 65.1 Å². The molecule has 3 rings (SSSR count). The maximum absolute atomic E-state index is 13.4. The number of aliphatic hydroxyl groups is 1. The number of hydrogen-bond acceptors (Lipinski definition) is 8. The average molecular weight is 586 g/mol. The minimum absolute atomic E-state index is 0.0207. The van der Waals surface area contributed by atoms with E-state index in [1.807, 2.05) is 0 Å². The molecule has 1 saturated heterocycles. The van der Waals surface area contributed by atoms with Gasteiger partial charge in [-0.25, -0.2) is 4.79 Å². The highest BCUT2D eigenvalue weighted by molar-refractivity contribution is 8.00. The topological polar surface area (TPSA) is 194 Å². The lowest BCUT2D eigenvalue weighted by molar-refractivity contribution is -0.147. The molecule has 13 heteroatoms. The number of rotatable bonds is 12. The molecular weight excluding hydrogens is 550 g/mol. The first-order valence-corrected chi connectivity index (χ1v) is 13.9. The van der Waals surface area contributed by atoms with Gasteiger partial charge in [-0.15, -0.1) is 11.8 Å². The summed E-state index contributed by atoms with van der Waals surface area (Å²) in [5.41, 5.74) is 12.3. The van der Waals surface area contributed by atoms with E-state index in [2.05, 4.69) is 10.6 Å². The van der Waals surface area contributed by atoms with E-state index in [1.165, 1.54) is 16.7 Å². The van der Waals surface area contributed by atoms with Crippen LogP contribution in [0.15, 0.2) is 60.7 Å². The number of carbonyl (C=O) groups excluding carboxylic acids is 5. The van der Waals surface area contributed by atoms with Gasteiger partial charge in [-0.3, -0.25) is 19.2 Å². The zero-order valence-corrected chi connectivity index (χ0v) is 23.6. The van der Waals surface area contributed by atoms with E-state index in [0.29, 0.717) is 11.1 Å². The Morgan fingerprint density at radius 1 is 1.00 bits per heavy atom. The molecule has 1 aliphatic heterocycles. The first kappa shape index (κ1) is 31.4. The molecule has 41 heavy (non-hydrogen) atoms. The van der Waals surface area contributed by atoms with Crippen LogP contribution in [0.25, 0.3) is 0 Å². The van der Waals surface area contributed by atoms with Gasteiger partial charge in [0.25, 0.3) is 5.91 Å². The van der Waals surface area contributed by atoms with E-state index in [1.54, 1.807) is 74.5 Å². The first-order chi connectivity index (χ1) is 19.4. The van der Waals surface area contributed by atoms with Gasteiger partial charge in [-0.2, -0.15) is 0 Å². The zero-order chi connectivity index (χ0) is 30.2. The van der Waals surface area contributed by atoms with Crippen LogP contribution in [-0.2, 0) is 36.9 Å². The predicted octanol–water partition coefficient (Wildman–Crippen LogP) is 0.411. The Morgan fingerprint density at radius 3 is 2.15 bits per heavy atom. The lowest BCUT2D eigenvalue weighted by Crippen LogP contribution is -2.60. The van der Waals surface area contributed by atoms with Crippen molar-refractivity contribution in [3.05, 3.63) is 71.8 Å². The van der Waals surface area contributed by atoms with Crippen LogP contribution < -0.4 is 22.1 Å². The number of carbonyl (C=O) groups is 5. The van der Waals surface area contributed by atoms with Gasteiger partial charge in [-0.05, 0) is 31.4 Å². The van der Waals surface area contributed by atoms with E-state index in [9.17, 15) is 29.1 Å². The standard InChI is InChI=1S/C28H35N5O7S/c1-28(2)23(24(30)36)33(16-41-28)26(38)22(35)19(13-17-9-5-3-6-10-17)31-25(37)20(14-21(29)34)32-27(39)40-15-18-11-7-4-8-12-18/h3-12,19-20,22-23,35H,13-16H2,1-2H3,(H2,29,34)(H2,30,36)(H,31,37)(H,32,39)/t19-,20-,22-,23?/m0/s1. The number of nitrogens with one attached hydrogen (secondary N) is 2. The van der Waals surface area contributed by atoms with Crippen molar-refractivity contribution >= 4 is 41.5 Å². The van der Waals surface area contributed by atoms with Crippen molar-refractivity contribution < 1.29 is 33.8 Å². The Morgan fingerprint density at radius 2 is 1.59 bits per heavy atom. The molecule has 0 saturated carbocycles. The highest BCUT2D eigenvalue weighted by Crippen LogP contribution is 2.39. The number of alkyl carbamates (subject to hydrolysis) is 1. The molecule has 5 amide bonds. The second kappa shape index (κ2) is 14.0. The molecule has 1 aliphatic rings. The number of primary amides is 2. The van der Waals surface area contributed by atoms with Crippen LogP contribution in [0.1, 0.15) is 31.4 Å². The number of aliphatic hydroxyl groups excluding tert-OH is 1. The molecule has 0 bridgehead atoms. The van der Waals surface area contributed by atoms with E-state index in [4.69, 9.17) is 16.2 Å². The third kappa shape index (κ3) is 8.69. The summed E-state index contributed by atoms with van der Waals surface area (Å²) in [4.78, 5) is 64.3. The second-order valence-electron chi connectivity index (χ2n) is 10.2. The van der Waals surface area contributed by atoms with Crippen LogP contribution in [0.3, 0.4) is 0 Å². The average Bonchev–Trinajstić information content (AvgIpc) is 3.26. The summed E-state index contributed by atoms with van der Waals surface area (Å²) in [5.74, 6) is -3.14. The summed E-state index contributed by atoms with van der Waals surface area (Å²) in [7, 11) is 0. The van der Waals surface area contributed by atoms with Gasteiger partial charge in [0.05, 0.1) is 18.3 Å². The number of hydrogen-bond donors (Lipinski definition) is 5.